The van der Waals surface area contributed by atoms with E-state index in [9.17, 15) is 4.39 Å². The van der Waals surface area contributed by atoms with Crippen molar-refractivity contribution >= 4 is 0 Å². The zero-order valence-corrected chi connectivity index (χ0v) is 12.4. The number of benzene rings is 1. The lowest BCUT2D eigenvalue weighted by Crippen LogP contribution is -2.88. The highest BCUT2D eigenvalue weighted by molar-refractivity contribution is 5.58. The first-order valence-corrected chi connectivity index (χ1v) is 8.00. The van der Waals surface area contributed by atoms with Crippen LogP contribution in [-0.2, 0) is 6.54 Å². The maximum absolute atomic E-state index is 13.7. The van der Waals surface area contributed by atoms with Gasteiger partial charge in [-0.2, -0.15) is 0 Å². The first kappa shape index (κ1) is 14.3. The molecule has 0 radical (unpaired) electrons. The van der Waals surface area contributed by atoms with Crippen molar-refractivity contribution in [3.05, 3.63) is 48.0 Å². The first-order valence-electron chi connectivity index (χ1n) is 8.00. The van der Waals surface area contributed by atoms with Crippen molar-refractivity contribution in [2.75, 3.05) is 0 Å². The quantitative estimate of drug-likeness (QED) is 0.850. The summed E-state index contributed by atoms with van der Waals surface area (Å²) in [6.07, 6.45) is 8.06. The second kappa shape index (κ2) is 6.90. The smallest absolute Gasteiger partial charge is 0.158 e. The second-order valence-corrected chi connectivity index (χ2v) is 5.94. The summed E-state index contributed by atoms with van der Waals surface area (Å²) in [4.78, 5) is 0. The number of halogens is 1. The van der Waals surface area contributed by atoms with Gasteiger partial charge in [-0.25, -0.2) is 4.39 Å². The van der Waals surface area contributed by atoms with Crippen LogP contribution in [0.25, 0.3) is 11.3 Å². The van der Waals surface area contributed by atoms with Gasteiger partial charge in [0.05, 0.1) is 11.6 Å². The van der Waals surface area contributed by atoms with Gasteiger partial charge in [-0.05, 0) is 49.9 Å². The molecular formula is C18H23FNO+. The molecule has 2 nitrogen and oxygen atoms in total. The van der Waals surface area contributed by atoms with E-state index in [1.54, 1.807) is 12.1 Å². The van der Waals surface area contributed by atoms with Gasteiger partial charge >= 0.3 is 0 Å². The van der Waals surface area contributed by atoms with Gasteiger partial charge in [-0.15, -0.1) is 0 Å². The van der Waals surface area contributed by atoms with Crippen molar-refractivity contribution in [3.63, 3.8) is 0 Å². The van der Waals surface area contributed by atoms with Crippen molar-refractivity contribution in [1.82, 2.24) is 0 Å². The second-order valence-electron chi connectivity index (χ2n) is 5.94. The largest absolute Gasteiger partial charge is 0.455 e. The molecule has 0 amide bonds. The van der Waals surface area contributed by atoms with E-state index in [2.05, 4.69) is 5.32 Å². The summed E-state index contributed by atoms with van der Waals surface area (Å²) in [6, 6.07) is 11.3. The lowest BCUT2D eigenvalue weighted by atomic mass is 10.1. The summed E-state index contributed by atoms with van der Waals surface area (Å²) in [5, 5.41) is 2.38. The Kier molecular flexibility index (Phi) is 4.71. The highest BCUT2D eigenvalue weighted by atomic mass is 19.1. The van der Waals surface area contributed by atoms with E-state index >= 15 is 0 Å². The Bertz CT molecular complexity index is 570. The summed E-state index contributed by atoms with van der Waals surface area (Å²) in [6.45, 7) is 0.846. The molecule has 2 aromatic rings. The Morgan fingerprint density at radius 3 is 2.52 bits per heavy atom. The van der Waals surface area contributed by atoms with Crippen LogP contribution >= 0.6 is 0 Å². The molecule has 21 heavy (non-hydrogen) atoms. The van der Waals surface area contributed by atoms with Crippen LogP contribution in [0, 0.1) is 5.82 Å². The third kappa shape index (κ3) is 3.73. The average Bonchev–Trinajstić information content (AvgIpc) is 2.81. The molecule has 0 unspecified atom stereocenters. The Labute approximate surface area is 125 Å². The van der Waals surface area contributed by atoms with Crippen LogP contribution in [0.4, 0.5) is 4.39 Å². The minimum Gasteiger partial charge on any atom is -0.455 e. The van der Waals surface area contributed by atoms with Crippen LogP contribution < -0.4 is 5.32 Å². The van der Waals surface area contributed by atoms with E-state index in [-0.39, 0.29) is 5.82 Å². The first-order chi connectivity index (χ1) is 10.3. The molecule has 112 valence electrons. The van der Waals surface area contributed by atoms with Gasteiger partial charge in [0.25, 0.3) is 0 Å². The monoisotopic (exact) mass is 288 g/mol. The molecule has 1 aromatic heterocycles. The molecule has 1 heterocycles. The normalized spacial score (nSPS) is 16.8. The molecule has 0 aliphatic heterocycles. The summed E-state index contributed by atoms with van der Waals surface area (Å²) in [5.74, 6) is 1.32. The zero-order chi connectivity index (χ0) is 14.5. The van der Waals surface area contributed by atoms with Crippen molar-refractivity contribution in [2.45, 2.75) is 51.1 Å². The number of nitrogens with two attached hydrogens (primary N) is 1. The minimum atomic E-state index is -0.230. The Morgan fingerprint density at radius 2 is 1.76 bits per heavy atom. The van der Waals surface area contributed by atoms with Crippen LogP contribution in [-0.4, -0.2) is 6.04 Å². The Morgan fingerprint density at radius 1 is 1.00 bits per heavy atom. The van der Waals surface area contributed by atoms with Gasteiger partial charge in [0, 0.05) is 0 Å². The fraction of sp³-hybridized carbons (Fsp3) is 0.444. The molecule has 0 atom stereocenters. The Hall–Kier alpha value is -1.61. The van der Waals surface area contributed by atoms with Crippen molar-refractivity contribution in [3.8, 4) is 11.3 Å². The molecule has 1 aromatic carbocycles. The standard InChI is InChI=1S/C18H22FNO/c19-17-10-6-5-9-16(17)18-12-11-15(21-18)13-20-14-7-3-1-2-4-8-14/h5-6,9-12,14,20H,1-4,7-8,13H2/p+1. The summed E-state index contributed by atoms with van der Waals surface area (Å²) < 4.78 is 19.5. The van der Waals surface area contributed by atoms with Gasteiger partial charge in [0.15, 0.2) is 5.76 Å². The molecule has 0 bridgehead atoms. The highest BCUT2D eigenvalue weighted by Crippen LogP contribution is 2.24. The highest BCUT2D eigenvalue weighted by Gasteiger charge is 2.16. The van der Waals surface area contributed by atoms with E-state index in [4.69, 9.17) is 4.42 Å². The van der Waals surface area contributed by atoms with Crippen molar-refractivity contribution < 1.29 is 14.1 Å². The maximum atomic E-state index is 13.7. The van der Waals surface area contributed by atoms with Crippen molar-refractivity contribution in [2.24, 2.45) is 0 Å². The number of quaternary nitrogens is 1. The molecule has 1 fully saturated rings. The molecule has 1 aliphatic carbocycles. The molecule has 0 spiro atoms. The average molecular weight is 288 g/mol. The predicted octanol–water partition coefficient (Wildman–Crippen LogP) is 3.87. The number of hydrogen-bond acceptors (Lipinski definition) is 1. The van der Waals surface area contributed by atoms with Crippen LogP contribution in [0.2, 0.25) is 0 Å². The van der Waals surface area contributed by atoms with E-state index < -0.39 is 0 Å². The molecule has 3 heteroatoms. The van der Waals surface area contributed by atoms with E-state index in [1.807, 2.05) is 18.2 Å². The van der Waals surface area contributed by atoms with Crippen LogP contribution in [0.1, 0.15) is 44.3 Å². The predicted molar refractivity (Wildman–Crippen MR) is 81.2 cm³/mol. The van der Waals surface area contributed by atoms with E-state index in [0.29, 0.717) is 11.3 Å². The lowest BCUT2D eigenvalue weighted by Gasteiger charge is -2.11. The van der Waals surface area contributed by atoms with E-state index in [0.717, 1.165) is 18.3 Å². The molecule has 1 aliphatic rings. The van der Waals surface area contributed by atoms with Crippen LogP contribution in [0.5, 0.6) is 0 Å². The maximum Gasteiger partial charge on any atom is 0.158 e. The zero-order valence-electron chi connectivity index (χ0n) is 12.4. The molecule has 0 saturated heterocycles. The minimum absolute atomic E-state index is 0.230. The summed E-state index contributed by atoms with van der Waals surface area (Å²) in [5.41, 5.74) is 0.540. The molecule has 1 saturated carbocycles. The lowest BCUT2D eigenvalue weighted by molar-refractivity contribution is -0.707. The summed E-state index contributed by atoms with van der Waals surface area (Å²) in [7, 11) is 0. The number of furan rings is 1. The SMILES string of the molecule is Fc1ccccc1-c1ccc(C[NH2+]C2CCCCCC2)o1. The van der Waals surface area contributed by atoms with E-state index in [1.165, 1.54) is 44.6 Å². The number of rotatable bonds is 4. The van der Waals surface area contributed by atoms with Crippen LogP contribution in [0.3, 0.4) is 0 Å². The fourth-order valence-electron chi connectivity index (χ4n) is 3.12. The topological polar surface area (TPSA) is 29.8 Å². The van der Waals surface area contributed by atoms with Crippen LogP contribution in [0.15, 0.2) is 40.8 Å². The number of hydrogen-bond donors (Lipinski definition) is 1. The molecule has 3 rings (SSSR count). The third-order valence-electron chi connectivity index (χ3n) is 4.35. The third-order valence-corrected chi connectivity index (χ3v) is 4.35. The van der Waals surface area contributed by atoms with Gasteiger partial charge in [-0.1, -0.05) is 25.0 Å². The van der Waals surface area contributed by atoms with Gasteiger partial charge in [0.1, 0.15) is 18.1 Å². The molecule has 2 N–H and O–H groups in total. The summed E-state index contributed by atoms with van der Waals surface area (Å²) >= 11 is 0. The van der Waals surface area contributed by atoms with Gasteiger partial charge in [-0.3, -0.25) is 0 Å². The molecular weight excluding hydrogens is 265 g/mol. The van der Waals surface area contributed by atoms with Gasteiger partial charge < -0.3 is 9.73 Å². The van der Waals surface area contributed by atoms with Gasteiger partial charge in [0.2, 0.25) is 0 Å². The Balaban J connectivity index is 1.61. The van der Waals surface area contributed by atoms with Crippen molar-refractivity contribution in [1.29, 1.82) is 0 Å². The fourth-order valence-corrected chi connectivity index (χ4v) is 3.12.